The van der Waals surface area contributed by atoms with E-state index in [-0.39, 0.29) is 0 Å². The zero-order chi connectivity index (χ0) is 12.7. The third-order valence-electron chi connectivity index (χ3n) is 4.14. The number of hydrogen-bond donors (Lipinski definition) is 1. The van der Waals surface area contributed by atoms with Crippen molar-refractivity contribution in [2.75, 3.05) is 13.2 Å². The van der Waals surface area contributed by atoms with Gasteiger partial charge in [0.1, 0.15) is 5.75 Å². The predicted molar refractivity (Wildman–Crippen MR) is 77.0 cm³/mol. The highest BCUT2D eigenvalue weighted by molar-refractivity contribution is 9.10. The molecule has 1 N–H and O–H groups in total. The molecular formula is C15H20BrNO. The Bertz CT molecular complexity index is 460. The van der Waals surface area contributed by atoms with Gasteiger partial charge in [-0.2, -0.15) is 0 Å². The van der Waals surface area contributed by atoms with Gasteiger partial charge in [-0.25, -0.2) is 0 Å². The lowest BCUT2D eigenvalue weighted by atomic mass is 9.97. The van der Waals surface area contributed by atoms with Gasteiger partial charge in [0.25, 0.3) is 0 Å². The molecule has 1 aliphatic carbocycles. The molecule has 18 heavy (non-hydrogen) atoms. The van der Waals surface area contributed by atoms with E-state index < -0.39 is 0 Å². The Morgan fingerprint density at radius 1 is 1.50 bits per heavy atom. The summed E-state index contributed by atoms with van der Waals surface area (Å²) in [6.45, 7) is 6.36. The molecule has 0 amide bonds. The minimum absolute atomic E-state index is 0.453. The summed E-state index contributed by atoms with van der Waals surface area (Å²) in [4.78, 5) is 0. The number of nitrogens with one attached hydrogen (secondary N) is 1. The van der Waals surface area contributed by atoms with Crippen LogP contribution in [0.3, 0.4) is 0 Å². The van der Waals surface area contributed by atoms with Crippen molar-refractivity contribution in [1.29, 1.82) is 0 Å². The lowest BCUT2D eigenvalue weighted by Crippen LogP contribution is -2.23. The average Bonchev–Trinajstić information content (AvgIpc) is 2.87. The maximum Gasteiger partial charge on any atom is 0.127 e. The lowest BCUT2D eigenvalue weighted by Gasteiger charge is -2.21. The van der Waals surface area contributed by atoms with E-state index in [1.165, 1.54) is 22.0 Å². The van der Waals surface area contributed by atoms with E-state index in [0.717, 1.165) is 37.2 Å². The molecule has 0 radical (unpaired) electrons. The normalized spacial score (nSPS) is 26.6. The molecule has 2 nitrogen and oxygen atoms in total. The molecule has 1 aliphatic heterocycles. The fraction of sp³-hybridized carbons (Fsp3) is 0.600. The third kappa shape index (κ3) is 2.19. The minimum Gasteiger partial charge on any atom is -0.493 e. The maximum atomic E-state index is 5.86. The molecule has 98 valence electrons. The predicted octanol–water partition coefficient (Wildman–Crippen LogP) is 3.69. The zero-order valence-corrected chi connectivity index (χ0v) is 12.6. The molecule has 3 atom stereocenters. The maximum absolute atomic E-state index is 5.86. The fourth-order valence-electron chi connectivity index (χ4n) is 3.06. The van der Waals surface area contributed by atoms with Gasteiger partial charge in [0.05, 0.1) is 6.61 Å². The van der Waals surface area contributed by atoms with Crippen LogP contribution in [0, 0.1) is 11.8 Å². The SMILES string of the molecule is CCNC(c1cc(Br)cc2c1OCC2)C1CC1C. The summed E-state index contributed by atoms with van der Waals surface area (Å²) in [5.41, 5.74) is 2.71. The largest absolute Gasteiger partial charge is 0.493 e. The van der Waals surface area contributed by atoms with Gasteiger partial charge in [0.2, 0.25) is 0 Å². The molecular weight excluding hydrogens is 290 g/mol. The number of rotatable bonds is 4. The minimum atomic E-state index is 0.453. The van der Waals surface area contributed by atoms with E-state index in [9.17, 15) is 0 Å². The molecule has 2 aliphatic rings. The molecule has 0 spiro atoms. The highest BCUT2D eigenvalue weighted by Gasteiger charge is 2.41. The first-order valence-corrected chi connectivity index (χ1v) is 7.68. The Morgan fingerprint density at radius 2 is 2.28 bits per heavy atom. The van der Waals surface area contributed by atoms with E-state index in [4.69, 9.17) is 4.74 Å². The Hall–Kier alpha value is -0.540. The Balaban J connectivity index is 1.98. The number of benzene rings is 1. The van der Waals surface area contributed by atoms with Crippen LogP contribution in [-0.4, -0.2) is 13.2 Å². The van der Waals surface area contributed by atoms with Crippen LogP contribution in [-0.2, 0) is 6.42 Å². The Kier molecular flexibility index (Phi) is 3.37. The molecule has 1 heterocycles. The molecule has 0 bridgehead atoms. The smallest absolute Gasteiger partial charge is 0.127 e. The Labute approximate surface area is 117 Å². The van der Waals surface area contributed by atoms with Crippen molar-refractivity contribution in [1.82, 2.24) is 5.32 Å². The van der Waals surface area contributed by atoms with Crippen LogP contribution in [0.15, 0.2) is 16.6 Å². The monoisotopic (exact) mass is 309 g/mol. The summed E-state index contributed by atoms with van der Waals surface area (Å²) in [7, 11) is 0. The van der Waals surface area contributed by atoms with Gasteiger partial charge in [-0.1, -0.05) is 29.8 Å². The van der Waals surface area contributed by atoms with Crippen LogP contribution >= 0.6 is 15.9 Å². The Morgan fingerprint density at radius 3 is 2.94 bits per heavy atom. The van der Waals surface area contributed by atoms with Crippen molar-refractivity contribution in [3.8, 4) is 5.75 Å². The molecule has 1 aromatic rings. The zero-order valence-electron chi connectivity index (χ0n) is 11.0. The van der Waals surface area contributed by atoms with Gasteiger partial charge in [-0.3, -0.25) is 0 Å². The van der Waals surface area contributed by atoms with Crippen molar-refractivity contribution in [2.24, 2.45) is 11.8 Å². The van der Waals surface area contributed by atoms with Gasteiger partial charge in [-0.15, -0.1) is 0 Å². The van der Waals surface area contributed by atoms with Gasteiger partial charge >= 0.3 is 0 Å². The molecule has 1 saturated carbocycles. The first kappa shape index (κ1) is 12.5. The van der Waals surface area contributed by atoms with Crippen molar-refractivity contribution < 1.29 is 4.74 Å². The van der Waals surface area contributed by atoms with Gasteiger partial charge in [0, 0.05) is 22.5 Å². The number of halogens is 1. The fourth-order valence-corrected chi connectivity index (χ4v) is 3.58. The van der Waals surface area contributed by atoms with Gasteiger partial charge in [0.15, 0.2) is 0 Å². The van der Waals surface area contributed by atoms with Crippen LogP contribution in [0.5, 0.6) is 5.75 Å². The summed E-state index contributed by atoms with van der Waals surface area (Å²) in [6.07, 6.45) is 2.37. The van der Waals surface area contributed by atoms with Crippen molar-refractivity contribution in [3.63, 3.8) is 0 Å². The van der Waals surface area contributed by atoms with E-state index in [1.807, 2.05) is 0 Å². The molecule has 0 aromatic heterocycles. The summed E-state index contributed by atoms with van der Waals surface area (Å²) in [5.74, 6) is 2.75. The highest BCUT2D eigenvalue weighted by atomic mass is 79.9. The van der Waals surface area contributed by atoms with E-state index >= 15 is 0 Å². The lowest BCUT2D eigenvalue weighted by molar-refractivity contribution is 0.344. The summed E-state index contributed by atoms with van der Waals surface area (Å²) >= 11 is 3.64. The van der Waals surface area contributed by atoms with Crippen LogP contribution in [0.25, 0.3) is 0 Å². The van der Waals surface area contributed by atoms with E-state index in [0.29, 0.717) is 6.04 Å². The van der Waals surface area contributed by atoms with Crippen molar-refractivity contribution in [2.45, 2.75) is 32.7 Å². The summed E-state index contributed by atoms with van der Waals surface area (Å²) in [5, 5.41) is 3.65. The average molecular weight is 310 g/mol. The molecule has 3 heteroatoms. The molecule has 1 fully saturated rings. The highest BCUT2D eigenvalue weighted by Crippen LogP contribution is 2.50. The van der Waals surface area contributed by atoms with Crippen LogP contribution in [0.2, 0.25) is 0 Å². The standard InChI is InChI=1S/C15H20BrNO/c1-3-17-14(12-6-9(12)2)13-8-11(16)7-10-4-5-18-15(10)13/h7-9,12,14,17H,3-6H2,1-2H3. The second-order valence-corrected chi connectivity index (χ2v) is 6.41. The van der Waals surface area contributed by atoms with Crippen molar-refractivity contribution >= 4 is 15.9 Å². The topological polar surface area (TPSA) is 21.3 Å². The van der Waals surface area contributed by atoms with Gasteiger partial charge < -0.3 is 10.1 Å². The number of fused-ring (bicyclic) bond motifs is 1. The molecule has 0 saturated heterocycles. The molecule has 3 rings (SSSR count). The van der Waals surface area contributed by atoms with Crippen LogP contribution in [0.1, 0.15) is 37.4 Å². The van der Waals surface area contributed by atoms with Crippen molar-refractivity contribution in [3.05, 3.63) is 27.7 Å². The first-order chi connectivity index (χ1) is 8.70. The first-order valence-electron chi connectivity index (χ1n) is 6.89. The number of hydrogen-bond acceptors (Lipinski definition) is 2. The second-order valence-electron chi connectivity index (χ2n) is 5.49. The summed E-state index contributed by atoms with van der Waals surface area (Å²) < 4.78 is 7.04. The molecule has 1 aromatic carbocycles. The second kappa shape index (κ2) is 4.86. The summed E-state index contributed by atoms with van der Waals surface area (Å²) in [6, 6.07) is 4.89. The quantitative estimate of drug-likeness (QED) is 0.916. The van der Waals surface area contributed by atoms with E-state index in [2.05, 4.69) is 47.2 Å². The number of ether oxygens (including phenoxy) is 1. The molecule has 3 unspecified atom stereocenters. The van der Waals surface area contributed by atoms with E-state index in [1.54, 1.807) is 0 Å². The third-order valence-corrected chi connectivity index (χ3v) is 4.59. The van der Waals surface area contributed by atoms with Crippen LogP contribution in [0.4, 0.5) is 0 Å². The van der Waals surface area contributed by atoms with Crippen LogP contribution < -0.4 is 10.1 Å². The van der Waals surface area contributed by atoms with Gasteiger partial charge in [-0.05, 0) is 42.5 Å².